The number of rotatable bonds is 9. The van der Waals surface area contributed by atoms with Crippen molar-refractivity contribution in [1.29, 1.82) is 0 Å². The molecular formula is C17H29N3O6. The molecule has 0 bridgehead atoms. The van der Waals surface area contributed by atoms with Crippen molar-refractivity contribution in [2.75, 3.05) is 7.11 Å². The number of aldehydes is 1. The van der Waals surface area contributed by atoms with Crippen molar-refractivity contribution in [2.24, 2.45) is 28.7 Å². The predicted octanol–water partition coefficient (Wildman–Crippen LogP) is -0.585. The summed E-state index contributed by atoms with van der Waals surface area (Å²) in [6, 6.07) is -2.69. The van der Waals surface area contributed by atoms with Crippen molar-refractivity contribution in [3.05, 3.63) is 0 Å². The van der Waals surface area contributed by atoms with Crippen molar-refractivity contribution in [3.8, 4) is 0 Å². The van der Waals surface area contributed by atoms with Crippen LogP contribution < -0.4 is 16.8 Å². The third-order valence-electron chi connectivity index (χ3n) is 5.20. The van der Waals surface area contributed by atoms with Crippen LogP contribution in [0.2, 0.25) is 0 Å². The number of Topliss-reactive ketones (excluding diaryl/α,β-unsaturated/α-hetero) is 1. The largest absolute Gasteiger partial charge is 0.481 e. The van der Waals surface area contributed by atoms with E-state index in [1.165, 1.54) is 0 Å². The van der Waals surface area contributed by atoms with Crippen LogP contribution in [0, 0.1) is 17.3 Å². The maximum atomic E-state index is 13.3. The van der Waals surface area contributed by atoms with Gasteiger partial charge < -0.3 is 26.1 Å². The van der Waals surface area contributed by atoms with Gasteiger partial charge in [0.15, 0.2) is 11.4 Å². The van der Waals surface area contributed by atoms with Gasteiger partial charge in [-0.15, -0.1) is 0 Å². The molecule has 0 aromatic heterocycles. The van der Waals surface area contributed by atoms with E-state index in [9.17, 15) is 19.2 Å². The fourth-order valence-electron chi connectivity index (χ4n) is 3.84. The minimum Gasteiger partial charge on any atom is -0.481 e. The summed E-state index contributed by atoms with van der Waals surface area (Å²) >= 11 is 0. The lowest BCUT2D eigenvalue weighted by molar-refractivity contribution is -0.152. The Morgan fingerprint density at radius 2 is 1.96 bits per heavy atom. The first kappa shape index (κ1) is 22.2. The minimum atomic E-state index is -2.25. The molecule has 148 valence electrons. The zero-order chi connectivity index (χ0) is 20.3. The van der Waals surface area contributed by atoms with Gasteiger partial charge in [0.25, 0.3) is 0 Å². The van der Waals surface area contributed by atoms with Crippen molar-refractivity contribution in [3.63, 3.8) is 0 Å². The monoisotopic (exact) mass is 371 g/mol. The molecule has 0 aliphatic heterocycles. The molecule has 4 atom stereocenters. The Labute approximate surface area is 152 Å². The summed E-state index contributed by atoms with van der Waals surface area (Å²) < 4.78 is 4.60. The number of methoxy groups -OCH3 is 1. The molecule has 1 aliphatic rings. The Hall–Kier alpha value is -1.84. The van der Waals surface area contributed by atoms with Crippen LogP contribution in [0.1, 0.15) is 40.0 Å². The van der Waals surface area contributed by atoms with E-state index >= 15 is 0 Å². The Bertz CT molecular complexity index is 575. The number of esters is 1. The van der Waals surface area contributed by atoms with Crippen LogP contribution in [0.5, 0.6) is 0 Å². The molecule has 3 unspecified atom stereocenters. The number of nitrogens with two attached hydrogens (primary N) is 2. The summed E-state index contributed by atoms with van der Waals surface area (Å²) in [4.78, 5) is 47.5. The molecule has 0 aromatic carbocycles. The SMILES string of the molecule is COC(=O)C(N)(N)C(N[C@H](C=O)CC(=O)O)C(=O)C1C(C)CCC1(C)C. The molecular weight excluding hydrogens is 342 g/mol. The number of carboxylic acid groups (broad SMARTS) is 1. The summed E-state index contributed by atoms with van der Waals surface area (Å²) in [6.07, 6.45) is 1.41. The number of aliphatic carboxylic acids is 1. The highest BCUT2D eigenvalue weighted by atomic mass is 16.5. The van der Waals surface area contributed by atoms with Crippen molar-refractivity contribution in [2.45, 2.75) is 57.8 Å². The van der Waals surface area contributed by atoms with E-state index < -0.39 is 47.8 Å². The Balaban J connectivity index is 3.26. The lowest BCUT2D eigenvalue weighted by Gasteiger charge is -2.38. The number of hydrogen-bond donors (Lipinski definition) is 4. The Kier molecular flexibility index (Phi) is 7.03. The summed E-state index contributed by atoms with van der Waals surface area (Å²) in [6.45, 7) is 5.81. The number of ketones is 1. The van der Waals surface area contributed by atoms with Gasteiger partial charge in [0.1, 0.15) is 12.3 Å². The summed E-state index contributed by atoms with van der Waals surface area (Å²) in [5.41, 5.74) is 9.23. The van der Waals surface area contributed by atoms with Gasteiger partial charge in [-0.25, -0.2) is 4.79 Å². The number of carbonyl (C=O) groups is 4. The summed E-state index contributed by atoms with van der Waals surface area (Å²) in [5.74, 6) is -3.12. The number of ether oxygens (including phenoxy) is 1. The van der Waals surface area contributed by atoms with Gasteiger partial charge in [-0.05, 0) is 24.2 Å². The molecule has 0 heterocycles. The van der Waals surface area contributed by atoms with E-state index in [1.54, 1.807) is 0 Å². The van der Waals surface area contributed by atoms with E-state index in [4.69, 9.17) is 16.6 Å². The van der Waals surface area contributed by atoms with E-state index in [0.717, 1.165) is 20.0 Å². The van der Waals surface area contributed by atoms with Gasteiger partial charge in [0, 0.05) is 5.92 Å². The van der Waals surface area contributed by atoms with Crippen LogP contribution in [-0.2, 0) is 23.9 Å². The molecule has 9 heteroatoms. The first-order chi connectivity index (χ1) is 11.9. The normalized spacial score (nSPS) is 24.5. The second-order valence-corrected chi connectivity index (χ2v) is 7.75. The molecule has 0 aromatic rings. The van der Waals surface area contributed by atoms with E-state index in [1.807, 2.05) is 20.8 Å². The van der Waals surface area contributed by atoms with Gasteiger partial charge in [-0.2, -0.15) is 0 Å². The van der Waals surface area contributed by atoms with Crippen LogP contribution in [0.4, 0.5) is 0 Å². The minimum absolute atomic E-state index is 0.0319. The second-order valence-electron chi connectivity index (χ2n) is 7.75. The maximum Gasteiger partial charge on any atom is 0.342 e. The maximum absolute atomic E-state index is 13.3. The average Bonchev–Trinajstić information content (AvgIpc) is 2.82. The number of hydrogen-bond acceptors (Lipinski definition) is 8. The zero-order valence-corrected chi connectivity index (χ0v) is 15.7. The molecule has 0 spiro atoms. The van der Waals surface area contributed by atoms with E-state index in [-0.39, 0.29) is 11.3 Å². The van der Waals surface area contributed by atoms with E-state index in [0.29, 0.717) is 6.29 Å². The van der Waals surface area contributed by atoms with Gasteiger partial charge >= 0.3 is 11.9 Å². The molecule has 1 aliphatic carbocycles. The predicted molar refractivity (Wildman–Crippen MR) is 92.8 cm³/mol. The molecule has 1 saturated carbocycles. The molecule has 26 heavy (non-hydrogen) atoms. The standard InChI is InChI=1S/C17H29N3O6/c1-9-5-6-16(2,3)12(9)13(24)14(17(18,19)15(25)26-4)20-10(8-21)7-11(22)23/h8-10,12,14,20H,5-7,18-19H2,1-4H3,(H,22,23)/t9?,10-,12?,14?/m0/s1. The van der Waals surface area contributed by atoms with Gasteiger partial charge in [-0.3, -0.25) is 14.9 Å². The molecule has 9 nitrogen and oxygen atoms in total. The third-order valence-corrected chi connectivity index (χ3v) is 5.20. The third kappa shape index (κ3) is 4.66. The van der Waals surface area contributed by atoms with Crippen LogP contribution in [0.3, 0.4) is 0 Å². The fourth-order valence-corrected chi connectivity index (χ4v) is 3.84. The van der Waals surface area contributed by atoms with Crippen molar-refractivity contribution < 1.29 is 29.0 Å². The molecule has 0 radical (unpaired) electrons. The Morgan fingerprint density at radius 3 is 2.35 bits per heavy atom. The van der Waals surface area contributed by atoms with Crippen LogP contribution in [0.25, 0.3) is 0 Å². The fraction of sp³-hybridized carbons (Fsp3) is 0.765. The zero-order valence-electron chi connectivity index (χ0n) is 15.7. The molecule has 1 rings (SSSR count). The number of carboxylic acids is 1. The van der Waals surface area contributed by atoms with Crippen LogP contribution >= 0.6 is 0 Å². The first-order valence-corrected chi connectivity index (χ1v) is 8.51. The molecule has 0 saturated heterocycles. The molecule has 6 N–H and O–H groups in total. The topological polar surface area (TPSA) is 162 Å². The van der Waals surface area contributed by atoms with Gasteiger partial charge in [0.2, 0.25) is 0 Å². The first-order valence-electron chi connectivity index (χ1n) is 8.51. The highest BCUT2D eigenvalue weighted by Gasteiger charge is 2.52. The van der Waals surface area contributed by atoms with Crippen molar-refractivity contribution >= 4 is 24.0 Å². The number of nitrogens with one attached hydrogen (secondary N) is 1. The van der Waals surface area contributed by atoms with E-state index in [2.05, 4.69) is 10.1 Å². The van der Waals surface area contributed by atoms with Gasteiger partial charge in [-0.1, -0.05) is 20.8 Å². The molecule has 1 fully saturated rings. The molecule has 0 amide bonds. The van der Waals surface area contributed by atoms with Crippen LogP contribution in [0.15, 0.2) is 0 Å². The smallest absolute Gasteiger partial charge is 0.342 e. The summed E-state index contributed by atoms with van der Waals surface area (Å²) in [7, 11) is 1.08. The summed E-state index contributed by atoms with van der Waals surface area (Å²) in [5, 5.41) is 11.5. The second kappa shape index (κ2) is 8.24. The highest BCUT2D eigenvalue weighted by molar-refractivity contribution is 5.96. The highest BCUT2D eigenvalue weighted by Crippen LogP contribution is 2.47. The van der Waals surface area contributed by atoms with Crippen molar-refractivity contribution in [1.82, 2.24) is 5.32 Å². The lowest BCUT2D eigenvalue weighted by Crippen LogP contribution is -2.73. The number of carbonyl (C=O) groups excluding carboxylic acids is 3. The van der Waals surface area contributed by atoms with Gasteiger partial charge in [0.05, 0.1) is 19.6 Å². The Morgan fingerprint density at radius 1 is 1.38 bits per heavy atom. The quantitative estimate of drug-likeness (QED) is 0.236. The average molecular weight is 371 g/mol. The lowest BCUT2D eigenvalue weighted by atomic mass is 9.73. The van der Waals surface area contributed by atoms with Crippen LogP contribution in [-0.4, -0.2) is 54.0 Å².